The number of aryl methyl sites for hydroxylation is 1. The van der Waals surface area contributed by atoms with Crippen molar-refractivity contribution in [1.29, 1.82) is 0 Å². The van der Waals surface area contributed by atoms with E-state index in [2.05, 4.69) is 15.0 Å². The zero-order valence-corrected chi connectivity index (χ0v) is 11.3. The first-order valence-electron chi connectivity index (χ1n) is 5.71. The molecule has 0 aliphatic carbocycles. The SMILES string of the molecule is Nc1ncnc2c1ncn2CCC(O)C=CP(=O)(O)O. The first kappa shape index (κ1) is 14.6. The van der Waals surface area contributed by atoms with Gasteiger partial charge in [0.15, 0.2) is 11.5 Å². The van der Waals surface area contributed by atoms with Gasteiger partial charge in [0.25, 0.3) is 0 Å². The maximum absolute atomic E-state index is 10.6. The molecule has 2 rings (SSSR count). The average molecular weight is 299 g/mol. The van der Waals surface area contributed by atoms with Gasteiger partial charge in [0.2, 0.25) is 0 Å². The number of fused-ring (bicyclic) bond motifs is 1. The molecule has 10 heteroatoms. The number of hydrogen-bond donors (Lipinski definition) is 4. The summed E-state index contributed by atoms with van der Waals surface area (Å²) in [6.45, 7) is 0.375. The summed E-state index contributed by atoms with van der Waals surface area (Å²) in [7, 11) is -4.25. The minimum absolute atomic E-state index is 0.256. The lowest BCUT2D eigenvalue weighted by Gasteiger charge is -2.07. The molecule has 9 nitrogen and oxygen atoms in total. The van der Waals surface area contributed by atoms with Crippen LogP contribution in [0.5, 0.6) is 0 Å². The average Bonchev–Trinajstić information content (AvgIpc) is 2.78. The Hall–Kier alpha value is -1.80. The zero-order valence-electron chi connectivity index (χ0n) is 10.4. The Kier molecular flexibility index (Phi) is 4.15. The van der Waals surface area contributed by atoms with Crippen LogP contribution in [0.2, 0.25) is 0 Å². The van der Waals surface area contributed by atoms with Crippen LogP contribution in [0.25, 0.3) is 11.2 Å². The van der Waals surface area contributed by atoms with Crippen molar-refractivity contribution in [1.82, 2.24) is 19.5 Å². The zero-order chi connectivity index (χ0) is 14.8. The van der Waals surface area contributed by atoms with Crippen molar-refractivity contribution in [2.75, 3.05) is 5.73 Å². The molecule has 0 fully saturated rings. The molecule has 2 aromatic rings. The standard InChI is InChI=1S/C10H14N5O4P/c11-9-8-10(13-5-12-9)15(6-14-8)3-1-7(16)2-4-20(17,18)19/h2,4-7,16H,1,3H2,(H2,11,12,13)(H2,17,18,19). The van der Waals surface area contributed by atoms with E-state index in [1.165, 1.54) is 12.7 Å². The number of anilines is 1. The van der Waals surface area contributed by atoms with Crippen LogP contribution >= 0.6 is 7.60 Å². The summed E-state index contributed by atoms with van der Waals surface area (Å²) < 4.78 is 12.3. The number of nitrogen functional groups attached to an aromatic ring is 1. The highest BCUT2D eigenvalue weighted by molar-refractivity contribution is 7.55. The smallest absolute Gasteiger partial charge is 0.348 e. The fourth-order valence-electron chi connectivity index (χ4n) is 1.64. The fraction of sp³-hybridized carbons (Fsp3) is 0.300. The first-order valence-corrected chi connectivity index (χ1v) is 7.39. The molecule has 0 saturated carbocycles. The molecular weight excluding hydrogens is 285 g/mol. The van der Waals surface area contributed by atoms with Crippen LogP contribution in [-0.4, -0.2) is 40.5 Å². The van der Waals surface area contributed by atoms with Crippen LogP contribution in [0.3, 0.4) is 0 Å². The Balaban J connectivity index is 2.05. The predicted molar refractivity (Wildman–Crippen MR) is 71.5 cm³/mol. The number of aromatic nitrogens is 4. The quantitative estimate of drug-likeness (QED) is 0.557. The van der Waals surface area contributed by atoms with Gasteiger partial charge in [-0.05, 0) is 12.5 Å². The molecule has 0 saturated heterocycles. The Bertz CT molecular complexity index is 679. The monoisotopic (exact) mass is 299 g/mol. The van der Waals surface area contributed by atoms with Crippen molar-refractivity contribution in [3.63, 3.8) is 0 Å². The van der Waals surface area contributed by atoms with E-state index in [1.807, 2.05) is 0 Å². The Morgan fingerprint density at radius 3 is 2.85 bits per heavy atom. The van der Waals surface area contributed by atoms with Gasteiger partial charge in [-0.15, -0.1) is 0 Å². The molecule has 0 amide bonds. The van der Waals surface area contributed by atoms with Crippen LogP contribution < -0.4 is 5.73 Å². The third-order valence-electron chi connectivity index (χ3n) is 2.60. The van der Waals surface area contributed by atoms with Gasteiger partial charge in [0.1, 0.15) is 11.8 Å². The van der Waals surface area contributed by atoms with Crippen LogP contribution in [0.15, 0.2) is 24.5 Å². The van der Waals surface area contributed by atoms with E-state index < -0.39 is 13.7 Å². The molecule has 0 spiro atoms. The van der Waals surface area contributed by atoms with Crippen LogP contribution in [0.4, 0.5) is 5.82 Å². The van der Waals surface area contributed by atoms with E-state index in [-0.39, 0.29) is 12.2 Å². The molecule has 2 heterocycles. The van der Waals surface area contributed by atoms with Gasteiger partial charge in [-0.2, -0.15) is 0 Å². The minimum Gasteiger partial charge on any atom is -0.389 e. The molecule has 0 aromatic carbocycles. The summed E-state index contributed by atoms with van der Waals surface area (Å²) >= 11 is 0. The number of rotatable bonds is 5. The summed E-state index contributed by atoms with van der Waals surface area (Å²) in [6, 6.07) is 0. The van der Waals surface area contributed by atoms with Gasteiger partial charge in [-0.25, -0.2) is 15.0 Å². The van der Waals surface area contributed by atoms with Crippen molar-refractivity contribution < 1.29 is 19.5 Å². The Labute approximate surface area is 114 Å². The molecule has 20 heavy (non-hydrogen) atoms. The van der Waals surface area contributed by atoms with E-state index in [0.717, 1.165) is 6.08 Å². The van der Waals surface area contributed by atoms with Gasteiger partial charge in [-0.3, -0.25) is 4.57 Å². The highest BCUT2D eigenvalue weighted by atomic mass is 31.2. The molecule has 5 N–H and O–H groups in total. The number of hydrogen-bond acceptors (Lipinski definition) is 6. The second kappa shape index (κ2) is 5.68. The summed E-state index contributed by atoms with van der Waals surface area (Å²) in [5.41, 5.74) is 6.67. The van der Waals surface area contributed by atoms with Crippen LogP contribution in [0.1, 0.15) is 6.42 Å². The van der Waals surface area contributed by atoms with E-state index in [4.69, 9.17) is 15.5 Å². The largest absolute Gasteiger partial charge is 0.389 e. The van der Waals surface area contributed by atoms with Crippen LogP contribution in [-0.2, 0) is 11.1 Å². The van der Waals surface area contributed by atoms with Gasteiger partial charge in [-0.1, -0.05) is 0 Å². The molecule has 2 aromatic heterocycles. The molecule has 1 unspecified atom stereocenters. The van der Waals surface area contributed by atoms with Gasteiger partial charge in [0.05, 0.1) is 12.4 Å². The summed E-state index contributed by atoms with van der Waals surface area (Å²) in [5, 5.41) is 9.62. The molecule has 0 aliphatic heterocycles. The third-order valence-corrected chi connectivity index (χ3v) is 3.16. The molecule has 108 valence electrons. The predicted octanol–water partition coefficient (Wildman–Crippen LogP) is -0.149. The molecule has 0 bridgehead atoms. The molecule has 0 radical (unpaired) electrons. The number of nitrogens with two attached hydrogens (primary N) is 1. The topological polar surface area (TPSA) is 147 Å². The van der Waals surface area contributed by atoms with Crippen molar-refractivity contribution in [3.8, 4) is 0 Å². The van der Waals surface area contributed by atoms with Crippen molar-refractivity contribution >= 4 is 24.6 Å². The summed E-state index contributed by atoms with van der Waals surface area (Å²) in [6.07, 6.45) is 3.20. The molecule has 0 aliphatic rings. The van der Waals surface area contributed by atoms with Gasteiger partial charge < -0.3 is 25.2 Å². The van der Waals surface area contributed by atoms with E-state index in [1.54, 1.807) is 4.57 Å². The number of imidazole rings is 1. The highest BCUT2D eigenvalue weighted by Crippen LogP contribution is 2.36. The van der Waals surface area contributed by atoms with E-state index >= 15 is 0 Å². The second-order valence-corrected chi connectivity index (χ2v) is 5.63. The van der Waals surface area contributed by atoms with Gasteiger partial charge in [0, 0.05) is 12.4 Å². The fourth-order valence-corrected chi connectivity index (χ4v) is 2.06. The molecule has 1 atom stereocenters. The lowest BCUT2D eigenvalue weighted by atomic mass is 10.2. The van der Waals surface area contributed by atoms with Gasteiger partial charge >= 0.3 is 7.60 Å². The maximum Gasteiger partial charge on any atom is 0.348 e. The normalized spacial score (nSPS) is 14.2. The van der Waals surface area contributed by atoms with Crippen molar-refractivity contribution in [2.24, 2.45) is 0 Å². The lowest BCUT2D eigenvalue weighted by Crippen LogP contribution is -2.08. The molecular formula is C10H14N5O4P. The number of aliphatic hydroxyl groups is 1. The minimum atomic E-state index is -4.25. The summed E-state index contributed by atoms with van der Waals surface area (Å²) in [4.78, 5) is 29.3. The highest BCUT2D eigenvalue weighted by Gasteiger charge is 2.10. The lowest BCUT2D eigenvalue weighted by molar-refractivity contribution is 0.206. The summed E-state index contributed by atoms with van der Waals surface area (Å²) in [5.74, 6) is 0.958. The third kappa shape index (κ3) is 3.61. The Morgan fingerprint density at radius 1 is 1.40 bits per heavy atom. The second-order valence-electron chi connectivity index (χ2n) is 4.16. The van der Waals surface area contributed by atoms with Crippen molar-refractivity contribution in [2.45, 2.75) is 19.1 Å². The van der Waals surface area contributed by atoms with E-state index in [0.29, 0.717) is 23.5 Å². The Morgan fingerprint density at radius 2 is 2.15 bits per heavy atom. The number of nitrogens with zero attached hydrogens (tertiary/aromatic N) is 4. The number of aliphatic hydroxyl groups excluding tert-OH is 1. The van der Waals surface area contributed by atoms with Crippen molar-refractivity contribution in [3.05, 3.63) is 24.5 Å². The van der Waals surface area contributed by atoms with E-state index in [9.17, 15) is 9.67 Å². The van der Waals surface area contributed by atoms with Crippen LogP contribution in [0, 0.1) is 0 Å². The maximum atomic E-state index is 10.6. The first-order chi connectivity index (χ1) is 9.37.